The molecule has 0 saturated heterocycles. The first kappa shape index (κ1) is 18.1. The van der Waals surface area contributed by atoms with E-state index >= 15 is 0 Å². The number of carbonyl (C=O) groups is 2. The summed E-state index contributed by atoms with van der Waals surface area (Å²) in [5, 5.41) is 10.0. The molecule has 0 radical (unpaired) electrons. The third-order valence-corrected chi connectivity index (χ3v) is 4.74. The molecule has 7 heteroatoms. The quantitative estimate of drug-likeness (QED) is 0.362. The summed E-state index contributed by atoms with van der Waals surface area (Å²) < 4.78 is 15.4. The van der Waals surface area contributed by atoms with Crippen LogP contribution >= 0.6 is 12.6 Å². The van der Waals surface area contributed by atoms with Crippen LogP contribution < -0.4 is 0 Å². The number of hydrogen-bond acceptors (Lipinski definition) is 7. The Morgan fingerprint density at radius 2 is 2.12 bits per heavy atom. The molecule has 2 aliphatic rings. The number of benzene rings is 1. The molecule has 3 atom stereocenters. The Kier molecular flexibility index (Phi) is 5.29. The van der Waals surface area contributed by atoms with Gasteiger partial charge in [0.05, 0.1) is 5.92 Å². The average Bonchev–Trinajstić information content (AvgIpc) is 3.19. The lowest BCUT2D eigenvalue weighted by molar-refractivity contribution is -0.206. The van der Waals surface area contributed by atoms with E-state index in [-0.39, 0.29) is 23.6 Å². The number of rotatable bonds is 5. The minimum Gasteiger partial charge on any atom is -0.455 e. The summed E-state index contributed by atoms with van der Waals surface area (Å²) in [6.07, 6.45) is 0.850. The number of aliphatic hydroxyl groups is 1. The Morgan fingerprint density at radius 3 is 2.80 bits per heavy atom. The monoisotopic (exact) mass is 364 g/mol. The van der Waals surface area contributed by atoms with Crippen molar-refractivity contribution in [3.05, 3.63) is 46.0 Å². The van der Waals surface area contributed by atoms with E-state index in [0.717, 1.165) is 11.1 Å². The highest BCUT2D eigenvalue weighted by molar-refractivity contribution is 7.80. The van der Waals surface area contributed by atoms with Crippen molar-refractivity contribution in [1.82, 2.24) is 0 Å². The molecule has 0 amide bonds. The predicted octanol–water partition coefficient (Wildman–Crippen LogP) is 2.61. The highest BCUT2D eigenvalue weighted by Crippen LogP contribution is 2.40. The minimum atomic E-state index is -1.12. The Bertz CT molecular complexity index is 741. The van der Waals surface area contributed by atoms with Crippen LogP contribution in [0.25, 0.3) is 0 Å². The molecular weight excluding hydrogens is 344 g/mol. The number of aryl methyl sites for hydroxylation is 1. The molecular formula is C18H20O6S. The summed E-state index contributed by atoms with van der Waals surface area (Å²) in [4.78, 5) is 24.7. The van der Waals surface area contributed by atoms with Gasteiger partial charge >= 0.3 is 5.97 Å². The maximum atomic E-state index is 12.9. The fraction of sp³-hybridized carbons (Fsp3) is 0.444. The first-order valence-electron chi connectivity index (χ1n) is 7.98. The molecule has 1 aromatic rings. The maximum absolute atomic E-state index is 12.9. The Morgan fingerprint density at radius 1 is 1.36 bits per heavy atom. The number of methoxy groups -OCH3 is 1. The molecule has 1 aliphatic heterocycles. The van der Waals surface area contributed by atoms with Gasteiger partial charge in [-0.25, -0.2) is 0 Å². The van der Waals surface area contributed by atoms with Gasteiger partial charge in [0, 0.05) is 23.8 Å². The van der Waals surface area contributed by atoms with Gasteiger partial charge in [-0.2, -0.15) is 0 Å². The second kappa shape index (κ2) is 7.29. The molecule has 1 aromatic carbocycles. The van der Waals surface area contributed by atoms with Gasteiger partial charge in [-0.05, 0) is 43.0 Å². The van der Waals surface area contributed by atoms with Crippen LogP contribution in [0.4, 0.5) is 0 Å². The van der Waals surface area contributed by atoms with Crippen molar-refractivity contribution in [2.75, 3.05) is 13.0 Å². The number of thiol groups is 1. The number of ketones is 1. The van der Waals surface area contributed by atoms with Gasteiger partial charge in [-0.15, -0.1) is 12.6 Å². The predicted molar refractivity (Wildman–Crippen MR) is 92.1 cm³/mol. The number of hydrogen-bond donors (Lipinski definition) is 2. The molecule has 3 rings (SSSR count). The number of Topliss-reactive ketones (excluding diaryl/α,β-unsaturated/α-hetero) is 1. The largest absolute Gasteiger partial charge is 0.455 e. The van der Waals surface area contributed by atoms with Gasteiger partial charge < -0.3 is 19.3 Å². The van der Waals surface area contributed by atoms with Gasteiger partial charge in [-0.3, -0.25) is 9.59 Å². The lowest BCUT2D eigenvalue weighted by Crippen LogP contribution is -2.16. The molecule has 0 aromatic heterocycles. The molecule has 6 nitrogen and oxygen atoms in total. The normalized spacial score (nSPS) is 24.8. The van der Waals surface area contributed by atoms with Crippen LogP contribution in [-0.2, 0) is 19.0 Å². The first-order chi connectivity index (χ1) is 12.0. The second-order valence-corrected chi connectivity index (χ2v) is 6.40. The van der Waals surface area contributed by atoms with Crippen LogP contribution in [0, 0.1) is 12.8 Å². The molecule has 134 valence electrons. The third-order valence-electron chi connectivity index (χ3n) is 4.61. The highest BCUT2D eigenvalue weighted by Gasteiger charge is 2.34. The number of allylic oxidation sites excluding steroid dienone is 2. The highest BCUT2D eigenvalue weighted by atomic mass is 32.1. The molecule has 0 saturated carbocycles. The zero-order valence-corrected chi connectivity index (χ0v) is 14.9. The van der Waals surface area contributed by atoms with Crippen LogP contribution in [0.5, 0.6) is 0 Å². The number of ether oxygens (including phenoxy) is 3. The Labute approximate surface area is 151 Å². The molecule has 1 heterocycles. The van der Waals surface area contributed by atoms with E-state index in [4.69, 9.17) is 14.2 Å². The molecule has 0 bridgehead atoms. The molecule has 0 fully saturated rings. The van der Waals surface area contributed by atoms with E-state index in [9.17, 15) is 14.7 Å². The summed E-state index contributed by atoms with van der Waals surface area (Å²) >= 11 is 3.87. The molecule has 1 N–H and O–H groups in total. The van der Waals surface area contributed by atoms with Gasteiger partial charge in [0.15, 0.2) is 18.4 Å². The van der Waals surface area contributed by atoms with Crippen LogP contribution in [0.15, 0.2) is 23.8 Å². The van der Waals surface area contributed by atoms with Crippen molar-refractivity contribution in [3.8, 4) is 0 Å². The average molecular weight is 364 g/mol. The van der Waals surface area contributed by atoms with Crippen LogP contribution in [0.3, 0.4) is 0 Å². The minimum absolute atomic E-state index is 0.0289. The Hall–Kier alpha value is -1.67. The van der Waals surface area contributed by atoms with E-state index in [0.29, 0.717) is 29.5 Å². The smallest absolute Gasteiger partial charge is 0.310 e. The van der Waals surface area contributed by atoms with Crippen molar-refractivity contribution < 1.29 is 28.9 Å². The van der Waals surface area contributed by atoms with Gasteiger partial charge in [0.25, 0.3) is 0 Å². The van der Waals surface area contributed by atoms with E-state index in [1.807, 2.05) is 6.92 Å². The number of esters is 1. The lowest BCUT2D eigenvalue weighted by atomic mass is 9.93. The second-order valence-electron chi connectivity index (χ2n) is 6.14. The lowest BCUT2D eigenvalue weighted by Gasteiger charge is -2.12. The fourth-order valence-electron chi connectivity index (χ4n) is 3.29. The zero-order valence-electron chi connectivity index (χ0n) is 14.0. The van der Waals surface area contributed by atoms with Crippen molar-refractivity contribution in [1.29, 1.82) is 0 Å². The van der Waals surface area contributed by atoms with Crippen molar-refractivity contribution in [2.24, 2.45) is 5.92 Å². The van der Waals surface area contributed by atoms with Crippen LogP contribution in [0.1, 0.15) is 52.5 Å². The molecule has 1 aliphatic carbocycles. The van der Waals surface area contributed by atoms with E-state index in [1.165, 1.54) is 7.11 Å². The Balaban J connectivity index is 1.82. The van der Waals surface area contributed by atoms with Crippen LogP contribution in [-0.4, -0.2) is 29.9 Å². The van der Waals surface area contributed by atoms with Gasteiger partial charge in [0.1, 0.15) is 5.94 Å². The summed E-state index contributed by atoms with van der Waals surface area (Å²) in [6, 6.07) is 3.45. The summed E-state index contributed by atoms with van der Waals surface area (Å²) in [7, 11) is 1.49. The van der Waals surface area contributed by atoms with Crippen molar-refractivity contribution >= 4 is 24.4 Å². The van der Waals surface area contributed by atoms with Crippen LogP contribution in [0.2, 0.25) is 0 Å². The summed E-state index contributed by atoms with van der Waals surface area (Å²) in [5.41, 5.74) is 3.10. The van der Waals surface area contributed by atoms with Gasteiger partial charge in [0.2, 0.25) is 0 Å². The topological polar surface area (TPSA) is 82.1 Å². The zero-order chi connectivity index (χ0) is 18.1. The van der Waals surface area contributed by atoms with E-state index in [1.54, 1.807) is 18.2 Å². The van der Waals surface area contributed by atoms with E-state index < -0.39 is 12.6 Å². The van der Waals surface area contributed by atoms with Gasteiger partial charge in [-0.1, -0.05) is 6.08 Å². The van der Waals surface area contributed by atoms with Crippen molar-refractivity contribution in [2.45, 2.75) is 32.3 Å². The first-order valence-corrected chi connectivity index (χ1v) is 8.61. The van der Waals surface area contributed by atoms with Crippen molar-refractivity contribution in [3.63, 3.8) is 0 Å². The SMILES string of the molecule is COC1OC(O)c2cc(C(=O)C3=CCC(C(=O)OCS)C3)c(C)cc21. The summed E-state index contributed by atoms with van der Waals surface area (Å²) in [5.74, 6) is -0.796. The fourth-order valence-corrected chi connectivity index (χ4v) is 3.42. The number of carbonyl (C=O) groups excluding carboxylic acids is 2. The number of fused-ring (bicyclic) bond motifs is 1. The molecule has 0 spiro atoms. The summed E-state index contributed by atoms with van der Waals surface area (Å²) in [6.45, 7) is 1.83. The third kappa shape index (κ3) is 3.37. The molecule has 25 heavy (non-hydrogen) atoms. The maximum Gasteiger partial charge on any atom is 0.310 e. The van der Waals surface area contributed by atoms with E-state index in [2.05, 4.69) is 12.6 Å². The standard InChI is InChI=1S/C18H20O6S/c1-9-5-14-13(17(21)24-18(14)22-2)7-12(9)15(19)10-3-4-11(6-10)16(20)23-8-25/h3,5,7,11,17-18,21,25H,4,6,8H2,1-2H3. The number of aliphatic hydroxyl groups excluding tert-OH is 1. The molecule has 3 unspecified atom stereocenters.